The van der Waals surface area contributed by atoms with E-state index in [4.69, 9.17) is 16.3 Å². The molecule has 1 aliphatic heterocycles. The van der Waals surface area contributed by atoms with Gasteiger partial charge in [0.15, 0.2) is 11.6 Å². The van der Waals surface area contributed by atoms with Gasteiger partial charge in [0.25, 0.3) is 5.91 Å². The van der Waals surface area contributed by atoms with Crippen LogP contribution in [0.2, 0.25) is 5.02 Å². The van der Waals surface area contributed by atoms with Crippen LogP contribution < -0.4 is 19.9 Å². The van der Waals surface area contributed by atoms with Crippen molar-refractivity contribution in [2.75, 3.05) is 36.3 Å². The van der Waals surface area contributed by atoms with Gasteiger partial charge in [-0.3, -0.25) is 4.79 Å². The second-order valence-electron chi connectivity index (χ2n) is 6.33. The zero-order chi connectivity index (χ0) is 19.8. The zero-order valence-electron chi connectivity index (χ0n) is 15.6. The Balaban J connectivity index is 1.78. The summed E-state index contributed by atoms with van der Waals surface area (Å²) in [4.78, 5) is 25.2. The van der Waals surface area contributed by atoms with Crippen molar-refractivity contribution in [3.8, 4) is 5.75 Å². The van der Waals surface area contributed by atoms with Crippen LogP contribution in [0.15, 0.2) is 48.8 Å². The maximum atomic E-state index is 12.9. The number of nitrogens with one attached hydrogen (secondary N) is 1. The first-order valence-corrected chi connectivity index (χ1v) is 8.95. The third kappa shape index (κ3) is 2.99. The van der Waals surface area contributed by atoms with E-state index in [0.717, 1.165) is 11.4 Å². The third-order valence-electron chi connectivity index (χ3n) is 4.67. The minimum Gasteiger partial charge on any atom is -0.493 e. The molecule has 4 rings (SSSR count). The molecule has 0 spiro atoms. The van der Waals surface area contributed by atoms with Crippen LogP contribution in [-0.4, -0.2) is 37.1 Å². The summed E-state index contributed by atoms with van der Waals surface area (Å²) in [6.07, 6.45) is 3.20. The molecule has 0 aliphatic carbocycles. The number of carbonyl (C=O) groups excluding carboxylic acids is 1. The zero-order valence-corrected chi connectivity index (χ0v) is 16.4. The van der Waals surface area contributed by atoms with Crippen molar-refractivity contribution in [2.45, 2.75) is 0 Å². The molecule has 1 N–H and O–H groups in total. The number of rotatable bonds is 3. The molecular formula is C20H18ClN5O2. The molecule has 2 aromatic heterocycles. The van der Waals surface area contributed by atoms with E-state index in [1.54, 1.807) is 31.3 Å². The molecule has 0 atom stereocenters. The Hall–Kier alpha value is -3.32. The molecule has 1 amide bonds. The smallest absolute Gasteiger partial charge is 0.260 e. The van der Waals surface area contributed by atoms with E-state index in [1.807, 2.05) is 42.3 Å². The van der Waals surface area contributed by atoms with Gasteiger partial charge in [0.05, 0.1) is 41.0 Å². The number of amides is 1. The summed E-state index contributed by atoms with van der Waals surface area (Å²) in [6.45, 7) is 0. The number of hydrogen-bond acceptors (Lipinski definition) is 6. The van der Waals surface area contributed by atoms with E-state index in [2.05, 4.69) is 15.3 Å². The summed E-state index contributed by atoms with van der Waals surface area (Å²) in [7, 11) is 5.22. The summed E-state index contributed by atoms with van der Waals surface area (Å²) in [6, 6.07) is 11.1. The van der Waals surface area contributed by atoms with Crippen molar-refractivity contribution in [1.82, 2.24) is 9.97 Å². The molecular weight excluding hydrogens is 378 g/mol. The third-order valence-corrected chi connectivity index (χ3v) is 4.88. The molecule has 0 saturated carbocycles. The number of carbonyl (C=O) groups is 1. The fraction of sp³-hybridized carbons (Fsp3) is 0.150. The Morgan fingerprint density at radius 3 is 2.57 bits per heavy atom. The van der Waals surface area contributed by atoms with Crippen molar-refractivity contribution < 1.29 is 9.53 Å². The number of halogens is 1. The molecule has 0 fully saturated rings. The van der Waals surface area contributed by atoms with Crippen molar-refractivity contribution in [1.29, 1.82) is 0 Å². The highest BCUT2D eigenvalue weighted by atomic mass is 35.5. The molecule has 0 radical (unpaired) electrons. The molecule has 0 bridgehead atoms. The maximum absolute atomic E-state index is 12.9. The van der Waals surface area contributed by atoms with Crippen LogP contribution in [0.3, 0.4) is 0 Å². The van der Waals surface area contributed by atoms with Gasteiger partial charge in [-0.15, -0.1) is 0 Å². The number of ether oxygens (including phenoxy) is 1. The number of pyridine rings is 2. The van der Waals surface area contributed by atoms with Crippen molar-refractivity contribution >= 4 is 46.2 Å². The molecule has 0 unspecified atom stereocenters. The Morgan fingerprint density at radius 1 is 1.00 bits per heavy atom. The van der Waals surface area contributed by atoms with Crippen molar-refractivity contribution in [3.05, 3.63) is 59.4 Å². The highest BCUT2D eigenvalue weighted by Crippen LogP contribution is 2.40. The van der Waals surface area contributed by atoms with Crippen LogP contribution in [0.5, 0.6) is 5.75 Å². The molecule has 7 nitrogen and oxygen atoms in total. The van der Waals surface area contributed by atoms with Gasteiger partial charge in [-0.25, -0.2) is 9.97 Å². The van der Waals surface area contributed by atoms with Gasteiger partial charge in [-0.1, -0.05) is 23.7 Å². The van der Waals surface area contributed by atoms with Gasteiger partial charge >= 0.3 is 0 Å². The van der Waals surface area contributed by atoms with Gasteiger partial charge in [0, 0.05) is 32.4 Å². The minimum absolute atomic E-state index is 0.0789. The van der Waals surface area contributed by atoms with Crippen LogP contribution in [0.25, 0.3) is 0 Å². The predicted molar refractivity (Wildman–Crippen MR) is 111 cm³/mol. The Kier molecular flexibility index (Phi) is 4.52. The largest absolute Gasteiger partial charge is 0.493 e. The van der Waals surface area contributed by atoms with Crippen molar-refractivity contribution in [2.24, 2.45) is 0 Å². The molecule has 1 aromatic carbocycles. The summed E-state index contributed by atoms with van der Waals surface area (Å²) < 4.78 is 5.33. The number of anilines is 5. The summed E-state index contributed by atoms with van der Waals surface area (Å²) in [5.41, 5.74) is 3.02. The number of methoxy groups -OCH3 is 1. The highest BCUT2D eigenvalue weighted by molar-refractivity contribution is 6.30. The Morgan fingerprint density at radius 2 is 1.79 bits per heavy atom. The molecule has 28 heavy (non-hydrogen) atoms. The van der Waals surface area contributed by atoms with E-state index in [9.17, 15) is 4.79 Å². The molecule has 1 aliphatic rings. The van der Waals surface area contributed by atoms with E-state index in [0.29, 0.717) is 33.7 Å². The first-order chi connectivity index (χ1) is 13.5. The predicted octanol–water partition coefficient (Wildman–Crippen LogP) is 4.24. The SMILES string of the molecule is COc1cc(Cl)cnc1Nc1cc2c(cn1)N(C)C(=O)c1ccccc1N2C. The number of aromatic nitrogens is 2. The fourth-order valence-electron chi connectivity index (χ4n) is 3.19. The molecule has 8 heteroatoms. The van der Waals surface area contributed by atoms with Gasteiger partial charge in [0.2, 0.25) is 0 Å². The number of nitrogens with zero attached hydrogens (tertiary/aromatic N) is 4. The van der Waals surface area contributed by atoms with Crippen LogP contribution in [-0.2, 0) is 0 Å². The second kappa shape index (κ2) is 7.01. The number of para-hydroxylation sites is 1. The van der Waals surface area contributed by atoms with Crippen LogP contribution in [0.1, 0.15) is 10.4 Å². The van der Waals surface area contributed by atoms with Crippen LogP contribution >= 0.6 is 11.6 Å². The Bertz CT molecular complexity index is 1070. The number of hydrogen-bond donors (Lipinski definition) is 1. The quantitative estimate of drug-likeness (QED) is 0.715. The molecule has 3 heterocycles. The molecule has 3 aromatic rings. The average Bonchev–Trinajstić information content (AvgIpc) is 2.79. The fourth-order valence-corrected chi connectivity index (χ4v) is 3.34. The number of benzene rings is 1. The average molecular weight is 396 g/mol. The minimum atomic E-state index is -0.0789. The lowest BCUT2D eigenvalue weighted by molar-refractivity contribution is 0.0994. The molecule has 0 saturated heterocycles. The van der Waals surface area contributed by atoms with E-state index < -0.39 is 0 Å². The van der Waals surface area contributed by atoms with Crippen LogP contribution in [0.4, 0.5) is 28.7 Å². The summed E-state index contributed by atoms with van der Waals surface area (Å²) in [5, 5.41) is 3.64. The van der Waals surface area contributed by atoms with Crippen molar-refractivity contribution in [3.63, 3.8) is 0 Å². The number of fused-ring (bicyclic) bond motifs is 2. The van der Waals surface area contributed by atoms with Gasteiger partial charge in [0.1, 0.15) is 5.82 Å². The second-order valence-corrected chi connectivity index (χ2v) is 6.76. The van der Waals surface area contributed by atoms with E-state index >= 15 is 0 Å². The Labute approximate surface area is 167 Å². The van der Waals surface area contributed by atoms with Gasteiger partial charge in [-0.2, -0.15) is 0 Å². The lowest BCUT2D eigenvalue weighted by atomic mass is 10.1. The summed E-state index contributed by atoms with van der Waals surface area (Å²) >= 11 is 5.98. The lowest BCUT2D eigenvalue weighted by Crippen LogP contribution is -2.25. The van der Waals surface area contributed by atoms with Gasteiger partial charge in [-0.05, 0) is 12.1 Å². The first kappa shape index (κ1) is 18.1. The summed E-state index contributed by atoms with van der Waals surface area (Å²) in [5.74, 6) is 1.50. The maximum Gasteiger partial charge on any atom is 0.260 e. The first-order valence-electron chi connectivity index (χ1n) is 8.57. The topological polar surface area (TPSA) is 70.6 Å². The normalized spacial score (nSPS) is 12.9. The van der Waals surface area contributed by atoms with E-state index in [-0.39, 0.29) is 5.91 Å². The highest BCUT2D eigenvalue weighted by Gasteiger charge is 2.27. The lowest BCUT2D eigenvalue weighted by Gasteiger charge is -2.22. The van der Waals surface area contributed by atoms with E-state index in [1.165, 1.54) is 6.20 Å². The van der Waals surface area contributed by atoms with Gasteiger partial charge < -0.3 is 19.9 Å². The van der Waals surface area contributed by atoms with Crippen LogP contribution in [0, 0.1) is 0 Å². The standard InChI is InChI=1S/C20H18ClN5O2/c1-25-14-7-5-4-6-13(14)20(27)26(2)16-11-22-18(9-15(16)25)24-19-17(28-3)8-12(21)10-23-19/h4-11H,1-3H3,(H,22,23,24). The monoisotopic (exact) mass is 395 g/mol. The molecule has 142 valence electrons.